The van der Waals surface area contributed by atoms with Gasteiger partial charge in [0.1, 0.15) is 0 Å². The van der Waals surface area contributed by atoms with Crippen LogP contribution in [0.25, 0.3) is 0 Å². The second-order valence-electron chi connectivity index (χ2n) is 4.88. The lowest BCUT2D eigenvalue weighted by Crippen LogP contribution is -2.50. The summed E-state index contributed by atoms with van der Waals surface area (Å²) in [7, 11) is 0. The highest BCUT2D eigenvalue weighted by Crippen LogP contribution is 2.07. The van der Waals surface area contributed by atoms with E-state index >= 15 is 0 Å². The summed E-state index contributed by atoms with van der Waals surface area (Å²) in [6.45, 7) is 7.44. The van der Waals surface area contributed by atoms with Crippen LogP contribution in [0.15, 0.2) is 0 Å². The summed E-state index contributed by atoms with van der Waals surface area (Å²) >= 11 is 0. The summed E-state index contributed by atoms with van der Waals surface area (Å²) in [5.41, 5.74) is 4.91. The Labute approximate surface area is 117 Å². The highest BCUT2D eigenvalue weighted by atomic mass is 35.5. The SMILES string of the molecule is CC(C)(N)C(=O)NCCN1CCCCC1.Cl.Cl. The zero-order valence-electron chi connectivity index (χ0n) is 10.7. The fraction of sp³-hybridized carbons (Fsp3) is 0.909. The maximum Gasteiger partial charge on any atom is 0.239 e. The van der Waals surface area contributed by atoms with Gasteiger partial charge in [-0.3, -0.25) is 4.79 Å². The minimum absolute atomic E-state index is 0. The Hall–Kier alpha value is -0.0300. The van der Waals surface area contributed by atoms with Gasteiger partial charge in [0, 0.05) is 13.1 Å². The first kappa shape index (κ1) is 19.3. The van der Waals surface area contributed by atoms with Gasteiger partial charge in [0.05, 0.1) is 5.54 Å². The van der Waals surface area contributed by atoms with Crippen molar-refractivity contribution in [3.63, 3.8) is 0 Å². The number of hydrogen-bond donors (Lipinski definition) is 2. The van der Waals surface area contributed by atoms with Gasteiger partial charge in [-0.05, 0) is 39.8 Å². The lowest BCUT2D eigenvalue weighted by molar-refractivity contribution is -0.125. The van der Waals surface area contributed by atoms with Crippen molar-refractivity contribution in [1.82, 2.24) is 10.2 Å². The molecular formula is C11H25Cl2N3O. The smallest absolute Gasteiger partial charge is 0.239 e. The van der Waals surface area contributed by atoms with E-state index in [0.29, 0.717) is 6.54 Å². The molecule has 0 aromatic heterocycles. The molecule has 0 radical (unpaired) electrons. The molecule has 1 fully saturated rings. The second-order valence-corrected chi connectivity index (χ2v) is 4.88. The molecule has 104 valence electrons. The van der Waals surface area contributed by atoms with E-state index in [0.717, 1.165) is 6.54 Å². The first-order chi connectivity index (χ1) is 7.00. The van der Waals surface area contributed by atoms with E-state index < -0.39 is 5.54 Å². The maximum atomic E-state index is 11.5. The average Bonchev–Trinajstić information content (AvgIpc) is 2.18. The summed E-state index contributed by atoms with van der Waals surface area (Å²) < 4.78 is 0. The van der Waals surface area contributed by atoms with Crippen molar-refractivity contribution in [1.29, 1.82) is 0 Å². The number of nitrogens with two attached hydrogens (primary N) is 1. The van der Waals surface area contributed by atoms with Crippen LogP contribution in [0.5, 0.6) is 0 Å². The van der Waals surface area contributed by atoms with Crippen LogP contribution in [0.1, 0.15) is 33.1 Å². The number of nitrogens with zero attached hydrogens (tertiary/aromatic N) is 1. The van der Waals surface area contributed by atoms with Crippen LogP contribution in [-0.2, 0) is 4.79 Å². The summed E-state index contributed by atoms with van der Waals surface area (Å²) in [4.78, 5) is 13.8. The van der Waals surface area contributed by atoms with Crippen LogP contribution < -0.4 is 11.1 Å². The summed E-state index contributed by atoms with van der Waals surface area (Å²) in [6.07, 6.45) is 3.92. The van der Waals surface area contributed by atoms with Crippen LogP contribution >= 0.6 is 24.8 Å². The van der Waals surface area contributed by atoms with Crippen molar-refractivity contribution in [3.05, 3.63) is 0 Å². The summed E-state index contributed by atoms with van der Waals surface area (Å²) in [5.74, 6) is -0.0699. The normalized spacial score (nSPS) is 16.6. The third-order valence-corrected chi connectivity index (χ3v) is 2.75. The predicted molar refractivity (Wildman–Crippen MR) is 76.1 cm³/mol. The van der Waals surface area contributed by atoms with Crippen LogP contribution in [0.2, 0.25) is 0 Å². The topological polar surface area (TPSA) is 58.4 Å². The molecule has 1 rings (SSSR count). The fourth-order valence-corrected chi connectivity index (χ4v) is 1.74. The molecule has 1 aliphatic rings. The van der Waals surface area contributed by atoms with Crippen molar-refractivity contribution in [2.75, 3.05) is 26.2 Å². The van der Waals surface area contributed by atoms with Gasteiger partial charge in [-0.25, -0.2) is 0 Å². The molecule has 1 saturated heterocycles. The monoisotopic (exact) mass is 285 g/mol. The molecule has 0 bridgehead atoms. The standard InChI is InChI=1S/C11H23N3O.2ClH/c1-11(2,12)10(15)13-6-9-14-7-4-3-5-8-14;;/h3-9,12H2,1-2H3,(H,13,15);2*1H. The van der Waals surface area contributed by atoms with E-state index in [1.165, 1.54) is 32.4 Å². The number of carbonyl (C=O) groups excluding carboxylic acids is 1. The summed E-state index contributed by atoms with van der Waals surface area (Å²) in [5, 5.41) is 2.86. The molecule has 4 nitrogen and oxygen atoms in total. The third kappa shape index (κ3) is 7.82. The van der Waals surface area contributed by atoms with Crippen molar-refractivity contribution in [2.24, 2.45) is 5.73 Å². The molecular weight excluding hydrogens is 261 g/mol. The quantitative estimate of drug-likeness (QED) is 0.815. The number of amides is 1. The number of rotatable bonds is 4. The largest absolute Gasteiger partial charge is 0.353 e. The Morgan fingerprint density at radius 1 is 1.24 bits per heavy atom. The summed E-state index contributed by atoms with van der Waals surface area (Å²) in [6, 6.07) is 0. The van der Waals surface area contributed by atoms with Crippen molar-refractivity contribution in [3.8, 4) is 0 Å². The van der Waals surface area contributed by atoms with Gasteiger partial charge in [0.25, 0.3) is 0 Å². The van der Waals surface area contributed by atoms with Crippen molar-refractivity contribution in [2.45, 2.75) is 38.6 Å². The van der Waals surface area contributed by atoms with E-state index in [1.54, 1.807) is 13.8 Å². The number of piperidine rings is 1. The molecule has 6 heteroatoms. The molecule has 0 atom stereocenters. The highest BCUT2D eigenvalue weighted by Gasteiger charge is 2.21. The molecule has 0 aromatic rings. The third-order valence-electron chi connectivity index (χ3n) is 2.75. The van der Waals surface area contributed by atoms with Crippen molar-refractivity contribution < 1.29 is 4.79 Å². The zero-order valence-corrected chi connectivity index (χ0v) is 12.3. The van der Waals surface area contributed by atoms with E-state index in [1.807, 2.05) is 0 Å². The van der Waals surface area contributed by atoms with E-state index in [2.05, 4.69) is 10.2 Å². The number of carbonyl (C=O) groups is 1. The Balaban J connectivity index is 0. The van der Waals surface area contributed by atoms with Crippen LogP contribution in [-0.4, -0.2) is 42.5 Å². The number of hydrogen-bond acceptors (Lipinski definition) is 3. The second kappa shape index (κ2) is 8.97. The molecule has 0 aliphatic carbocycles. The maximum absolute atomic E-state index is 11.5. The zero-order chi connectivity index (χ0) is 11.3. The number of nitrogens with one attached hydrogen (secondary N) is 1. The molecule has 3 N–H and O–H groups in total. The minimum Gasteiger partial charge on any atom is -0.353 e. The molecule has 1 heterocycles. The fourth-order valence-electron chi connectivity index (χ4n) is 1.74. The molecule has 1 amide bonds. The molecule has 0 spiro atoms. The highest BCUT2D eigenvalue weighted by molar-refractivity contribution is 5.85. The Morgan fingerprint density at radius 2 is 1.76 bits per heavy atom. The van der Waals surface area contributed by atoms with Gasteiger partial charge >= 0.3 is 0 Å². The van der Waals surface area contributed by atoms with Crippen LogP contribution in [0.4, 0.5) is 0 Å². The Bertz CT molecular complexity index is 213. The predicted octanol–water partition coefficient (Wildman–Crippen LogP) is 1.17. The van der Waals surface area contributed by atoms with Gasteiger partial charge in [-0.15, -0.1) is 24.8 Å². The molecule has 0 unspecified atom stereocenters. The average molecular weight is 286 g/mol. The Kier molecular flexibility index (Phi) is 10.2. The first-order valence-corrected chi connectivity index (χ1v) is 5.80. The minimum atomic E-state index is -0.762. The lowest BCUT2D eigenvalue weighted by Gasteiger charge is -2.27. The lowest BCUT2D eigenvalue weighted by atomic mass is 10.1. The molecule has 0 aromatic carbocycles. The molecule has 0 saturated carbocycles. The molecule has 1 aliphatic heterocycles. The van der Waals surface area contributed by atoms with Gasteiger partial charge in [-0.2, -0.15) is 0 Å². The number of halogens is 2. The van der Waals surface area contributed by atoms with E-state index in [-0.39, 0.29) is 30.7 Å². The van der Waals surface area contributed by atoms with E-state index in [9.17, 15) is 4.79 Å². The number of likely N-dealkylation sites (tertiary alicyclic amines) is 1. The van der Waals surface area contributed by atoms with Crippen LogP contribution in [0.3, 0.4) is 0 Å². The van der Waals surface area contributed by atoms with E-state index in [4.69, 9.17) is 5.73 Å². The first-order valence-electron chi connectivity index (χ1n) is 5.80. The van der Waals surface area contributed by atoms with Gasteiger partial charge in [-0.1, -0.05) is 6.42 Å². The van der Waals surface area contributed by atoms with Gasteiger partial charge in [0.15, 0.2) is 0 Å². The van der Waals surface area contributed by atoms with Crippen molar-refractivity contribution >= 4 is 30.7 Å². The van der Waals surface area contributed by atoms with Gasteiger partial charge < -0.3 is 16.0 Å². The van der Waals surface area contributed by atoms with Gasteiger partial charge in [0.2, 0.25) is 5.91 Å². The Morgan fingerprint density at radius 3 is 2.24 bits per heavy atom. The van der Waals surface area contributed by atoms with Crippen LogP contribution in [0, 0.1) is 0 Å². The molecule has 17 heavy (non-hydrogen) atoms.